The van der Waals surface area contributed by atoms with Crippen LogP contribution in [0, 0.1) is 0 Å². The zero-order valence-corrected chi connectivity index (χ0v) is 10.9. The van der Waals surface area contributed by atoms with Gasteiger partial charge in [0.05, 0.1) is 6.04 Å². The first kappa shape index (κ1) is 12.3. The number of carbonyl (C=O) groups is 1. The van der Waals surface area contributed by atoms with Gasteiger partial charge in [-0.15, -0.1) is 0 Å². The van der Waals surface area contributed by atoms with Crippen LogP contribution in [0.5, 0.6) is 0 Å². The number of benzene rings is 1. The molecule has 0 saturated heterocycles. The van der Waals surface area contributed by atoms with E-state index in [4.69, 9.17) is 0 Å². The number of nitrogens with one attached hydrogen (secondary N) is 1. The third kappa shape index (κ3) is 2.95. The molecule has 1 N–H and O–H groups in total. The van der Waals surface area contributed by atoms with Gasteiger partial charge in [-0.2, -0.15) is 0 Å². The molecule has 92 valence electrons. The van der Waals surface area contributed by atoms with Crippen LogP contribution in [0.4, 0.5) is 0 Å². The Morgan fingerprint density at radius 2 is 1.88 bits per heavy atom. The van der Waals surface area contributed by atoms with Crippen LogP contribution in [0.25, 0.3) is 0 Å². The molecular weight excluding hydrogens is 210 g/mol. The number of rotatable bonds is 1. The van der Waals surface area contributed by atoms with E-state index < -0.39 is 0 Å². The summed E-state index contributed by atoms with van der Waals surface area (Å²) in [4.78, 5) is 12.2. The second kappa shape index (κ2) is 4.61. The molecule has 0 fully saturated rings. The van der Waals surface area contributed by atoms with Crippen molar-refractivity contribution in [3.63, 3.8) is 0 Å². The second-order valence-electron chi connectivity index (χ2n) is 5.85. The van der Waals surface area contributed by atoms with Crippen molar-refractivity contribution < 1.29 is 4.79 Å². The first-order valence-corrected chi connectivity index (χ1v) is 6.35. The van der Waals surface area contributed by atoms with Crippen molar-refractivity contribution in [1.82, 2.24) is 5.32 Å². The summed E-state index contributed by atoms with van der Waals surface area (Å²) in [6, 6.07) is 8.18. The van der Waals surface area contributed by atoms with Gasteiger partial charge in [0, 0.05) is 12.0 Å². The van der Waals surface area contributed by atoms with Gasteiger partial charge >= 0.3 is 0 Å². The lowest BCUT2D eigenvalue weighted by Crippen LogP contribution is -2.42. The standard InChI is InChI=1S/C15H21NO/c1-15(2,3)16-14-12-9-5-4-7-11(12)8-6-10-13(14)17/h4-5,7,9,14,16H,6,8,10H2,1-3H3. The molecule has 0 bridgehead atoms. The monoisotopic (exact) mass is 231 g/mol. The fourth-order valence-electron chi connectivity index (χ4n) is 2.41. The molecule has 2 rings (SSSR count). The number of carbonyl (C=O) groups excluding carboxylic acids is 1. The third-order valence-electron chi connectivity index (χ3n) is 3.13. The van der Waals surface area contributed by atoms with Gasteiger partial charge in [0.25, 0.3) is 0 Å². The molecule has 0 aromatic heterocycles. The molecule has 17 heavy (non-hydrogen) atoms. The number of hydrogen-bond acceptors (Lipinski definition) is 2. The van der Waals surface area contributed by atoms with Crippen molar-refractivity contribution in [2.24, 2.45) is 0 Å². The Labute approximate surface area is 103 Å². The normalized spacial score (nSPS) is 20.9. The zero-order valence-electron chi connectivity index (χ0n) is 10.9. The highest BCUT2D eigenvalue weighted by Gasteiger charge is 2.28. The maximum absolute atomic E-state index is 12.2. The fraction of sp³-hybridized carbons (Fsp3) is 0.533. The van der Waals surface area contributed by atoms with Crippen LogP contribution >= 0.6 is 0 Å². The molecule has 0 radical (unpaired) electrons. The number of hydrogen-bond donors (Lipinski definition) is 1. The van der Waals surface area contributed by atoms with Gasteiger partial charge in [0.15, 0.2) is 5.78 Å². The molecule has 0 amide bonds. The van der Waals surface area contributed by atoms with Crippen LogP contribution in [0.1, 0.15) is 50.8 Å². The largest absolute Gasteiger partial charge is 0.299 e. The summed E-state index contributed by atoms with van der Waals surface area (Å²) in [5.74, 6) is 0.324. The van der Waals surface area contributed by atoms with Crippen LogP contribution in [0.2, 0.25) is 0 Å². The van der Waals surface area contributed by atoms with E-state index in [1.54, 1.807) is 0 Å². The molecule has 1 unspecified atom stereocenters. The maximum Gasteiger partial charge on any atom is 0.154 e. The summed E-state index contributed by atoms with van der Waals surface area (Å²) < 4.78 is 0. The Hall–Kier alpha value is -1.15. The van der Waals surface area contributed by atoms with Crippen LogP contribution in [0.15, 0.2) is 24.3 Å². The molecular formula is C15H21NO. The van der Waals surface area contributed by atoms with Crippen LogP contribution in [-0.4, -0.2) is 11.3 Å². The van der Waals surface area contributed by atoms with E-state index in [-0.39, 0.29) is 11.6 Å². The van der Waals surface area contributed by atoms with Gasteiger partial charge in [0.2, 0.25) is 0 Å². The predicted octanol–water partition coefficient (Wildman–Crippen LogP) is 3.02. The van der Waals surface area contributed by atoms with Gasteiger partial charge in [-0.1, -0.05) is 24.3 Å². The first-order valence-electron chi connectivity index (χ1n) is 6.35. The zero-order chi connectivity index (χ0) is 12.5. The van der Waals surface area contributed by atoms with Crippen molar-refractivity contribution in [2.45, 2.75) is 51.6 Å². The van der Waals surface area contributed by atoms with Crippen LogP contribution in [0.3, 0.4) is 0 Å². The number of fused-ring (bicyclic) bond motifs is 1. The topological polar surface area (TPSA) is 29.1 Å². The highest BCUT2D eigenvalue weighted by Crippen LogP contribution is 2.27. The molecule has 2 nitrogen and oxygen atoms in total. The van der Waals surface area contributed by atoms with E-state index >= 15 is 0 Å². The summed E-state index contributed by atoms with van der Waals surface area (Å²) in [5, 5.41) is 3.45. The van der Waals surface area contributed by atoms with Crippen LogP contribution < -0.4 is 5.32 Å². The van der Waals surface area contributed by atoms with E-state index in [1.165, 1.54) is 11.1 Å². The van der Waals surface area contributed by atoms with Gasteiger partial charge in [-0.05, 0) is 44.7 Å². The Kier molecular flexibility index (Phi) is 3.34. The number of ketones is 1. The summed E-state index contributed by atoms with van der Waals surface area (Å²) >= 11 is 0. The average molecular weight is 231 g/mol. The Morgan fingerprint density at radius 3 is 2.59 bits per heavy atom. The van der Waals surface area contributed by atoms with Crippen molar-refractivity contribution in [1.29, 1.82) is 0 Å². The molecule has 1 aliphatic carbocycles. The fourth-order valence-corrected chi connectivity index (χ4v) is 2.41. The highest BCUT2D eigenvalue weighted by atomic mass is 16.1. The predicted molar refractivity (Wildman–Crippen MR) is 70.0 cm³/mol. The molecule has 1 atom stereocenters. The van der Waals surface area contributed by atoms with E-state index in [2.05, 4.69) is 44.3 Å². The first-order chi connectivity index (χ1) is 7.97. The minimum atomic E-state index is -0.131. The molecule has 0 spiro atoms. The molecule has 0 heterocycles. The molecule has 1 aromatic carbocycles. The summed E-state index contributed by atoms with van der Waals surface area (Å²) in [7, 11) is 0. The van der Waals surface area contributed by atoms with Crippen molar-refractivity contribution >= 4 is 5.78 Å². The molecule has 0 aliphatic heterocycles. The van der Waals surface area contributed by atoms with Crippen molar-refractivity contribution in [3.8, 4) is 0 Å². The van der Waals surface area contributed by atoms with Gasteiger partial charge in [-0.25, -0.2) is 0 Å². The van der Waals surface area contributed by atoms with Crippen LogP contribution in [-0.2, 0) is 11.2 Å². The summed E-state index contributed by atoms with van der Waals surface area (Å²) in [5.41, 5.74) is 2.45. The Bertz CT molecular complexity index is 417. The lowest BCUT2D eigenvalue weighted by molar-refractivity contribution is -0.121. The quantitative estimate of drug-likeness (QED) is 0.753. The molecule has 2 heteroatoms. The Morgan fingerprint density at radius 1 is 1.18 bits per heavy atom. The molecule has 1 aliphatic rings. The minimum absolute atomic E-state index is 0.0439. The SMILES string of the molecule is CC(C)(C)NC1C(=O)CCCc2ccccc21. The van der Waals surface area contributed by atoms with Crippen molar-refractivity contribution in [3.05, 3.63) is 35.4 Å². The van der Waals surface area contributed by atoms with Gasteiger partial charge in [-0.3, -0.25) is 10.1 Å². The third-order valence-corrected chi connectivity index (χ3v) is 3.13. The van der Waals surface area contributed by atoms with Crippen molar-refractivity contribution in [2.75, 3.05) is 0 Å². The minimum Gasteiger partial charge on any atom is -0.299 e. The lowest BCUT2D eigenvalue weighted by Gasteiger charge is -2.28. The van der Waals surface area contributed by atoms with E-state index in [0.29, 0.717) is 12.2 Å². The van der Waals surface area contributed by atoms with E-state index in [0.717, 1.165) is 12.8 Å². The smallest absolute Gasteiger partial charge is 0.154 e. The van der Waals surface area contributed by atoms with E-state index in [1.807, 2.05) is 6.07 Å². The summed E-state index contributed by atoms with van der Waals surface area (Å²) in [6.07, 6.45) is 2.67. The lowest BCUT2D eigenvalue weighted by atomic mass is 9.95. The molecule has 1 aromatic rings. The van der Waals surface area contributed by atoms with Gasteiger partial charge < -0.3 is 0 Å². The number of Topliss-reactive ketones (excluding diaryl/α,β-unsaturated/α-hetero) is 1. The second-order valence-corrected chi connectivity index (χ2v) is 5.85. The Balaban J connectivity index is 2.37. The van der Waals surface area contributed by atoms with E-state index in [9.17, 15) is 4.79 Å². The number of aryl methyl sites for hydroxylation is 1. The van der Waals surface area contributed by atoms with Gasteiger partial charge in [0.1, 0.15) is 0 Å². The average Bonchev–Trinajstić information content (AvgIpc) is 2.38. The summed E-state index contributed by atoms with van der Waals surface area (Å²) in [6.45, 7) is 6.31. The maximum atomic E-state index is 12.2. The highest BCUT2D eigenvalue weighted by molar-refractivity contribution is 5.86. The molecule has 0 saturated carbocycles.